The molecule has 5 nitrogen and oxygen atoms in total. The highest BCUT2D eigenvalue weighted by Gasteiger charge is 2.55. The zero-order valence-electron chi connectivity index (χ0n) is 18.6. The number of benzene rings is 1. The van der Waals surface area contributed by atoms with Gasteiger partial charge in [-0.05, 0) is 67.4 Å². The van der Waals surface area contributed by atoms with Crippen molar-refractivity contribution in [2.45, 2.75) is 63.5 Å². The minimum Gasteiger partial charge on any atom is -0.390 e. The van der Waals surface area contributed by atoms with E-state index in [0.717, 1.165) is 37.7 Å². The number of nitrogens with one attached hydrogen (secondary N) is 1. The van der Waals surface area contributed by atoms with Crippen molar-refractivity contribution in [3.63, 3.8) is 0 Å². The average molecular weight is 421 g/mol. The molecule has 4 aliphatic carbocycles. The Labute approximate surface area is 183 Å². The Hall–Kier alpha value is -2.40. The standard InChI is InChI=1S/C26H32N2O3/c1-15(2)20-11-21(24(29)17-7-5-4-6-8-17)28(3)23(20)25(30)27-22-18-9-16-10-19(22)14-26(31,12-16)13-18/h4-8,11,15-16,18-19,22,31H,9-10,12-14H2,1-3H3,(H,27,30). The van der Waals surface area contributed by atoms with Crippen molar-refractivity contribution in [3.8, 4) is 0 Å². The average Bonchev–Trinajstić information content (AvgIpc) is 3.07. The van der Waals surface area contributed by atoms with Gasteiger partial charge in [0.2, 0.25) is 5.78 Å². The lowest BCUT2D eigenvalue weighted by molar-refractivity contribution is -0.137. The van der Waals surface area contributed by atoms with Crippen molar-refractivity contribution in [2.75, 3.05) is 0 Å². The van der Waals surface area contributed by atoms with Crippen molar-refractivity contribution in [2.24, 2.45) is 24.8 Å². The third kappa shape index (κ3) is 3.43. The normalized spacial score (nSPS) is 31.3. The quantitative estimate of drug-likeness (QED) is 0.717. The third-order valence-corrected chi connectivity index (χ3v) is 7.91. The van der Waals surface area contributed by atoms with Gasteiger partial charge in [-0.3, -0.25) is 9.59 Å². The van der Waals surface area contributed by atoms with Gasteiger partial charge < -0.3 is 15.0 Å². The molecule has 2 aromatic rings. The highest BCUT2D eigenvalue weighted by atomic mass is 16.3. The number of ketones is 1. The molecular formula is C26H32N2O3. The molecule has 4 fully saturated rings. The van der Waals surface area contributed by atoms with E-state index in [1.807, 2.05) is 43.4 Å². The molecule has 0 spiro atoms. The van der Waals surface area contributed by atoms with Gasteiger partial charge in [0.1, 0.15) is 5.69 Å². The predicted molar refractivity (Wildman–Crippen MR) is 119 cm³/mol. The maximum atomic E-state index is 13.5. The molecule has 0 radical (unpaired) electrons. The van der Waals surface area contributed by atoms with Crippen LogP contribution in [0.2, 0.25) is 0 Å². The minimum atomic E-state index is -0.513. The smallest absolute Gasteiger partial charge is 0.268 e. The van der Waals surface area contributed by atoms with Gasteiger partial charge in [0.15, 0.2) is 0 Å². The molecule has 0 saturated heterocycles. The van der Waals surface area contributed by atoms with Crippen LogP contribution in [0.4, 0.5) is 0 Å². The van der Waals surface area contributed by atoms with Crippen LogP contribution in [0.5, 0.6) is 0 Å². The zero-order valence-corrected chi connectivity index (χ0v) is 18.6. The fraction of sp³-hybridized carbons (Fsp3) is 0.538. The van der Waals surface area contributed by atoms with Crippen LogP contribution >= 0.6 is 0 Å². The van der Waals surface area contributed by atoms with Crippen LogP contribution < -0.4 is 5.32 Å². The van der Waals surface area contributed by atoms with Gasteiger partial charge >= 0.3 is 0 Å². The number of hydrogen-bond acceptors (Lipinski definition) is 3. The number of rotatable bonds is 5. The van der Waals surface area contributed by atoms with Crippen molar-refractivity contribution < 1.29 is 14.7 Å². The highest BCUT2D eigenvalue weighted by Crippen LogP contribution is 2.55. The lowest BCUT2D eigenvalue weighted by Crippen LogP contribution is -2.61. The van der Waals surface area contributed by atoms with Gasteiger partial charge in [-0.15, -0.1) is 0 Å². The lowest BCUT2D eigenvalue weighted by Gasteiger charge is -2.58. The van der Waals surface area contributed by atoms with Gasteiger partial charge in [-0.25, -0.2) is 0 Å². The van der Waals surface area contributed by atoms with Crippen molar-refractivity contribution in [1.29, 1.82) is 0 Å². The molecule has 1 aromatic heterocycles. The summed E-state index contributed by atoms with van der Waals surface area (Å²) in [6.07, 6.45) is 4.73. The van der Waals surface area contributed by atoms with E-state index in [2.05, 4.69) is 19.2 Å². The molecule has 1 heterocycles. The Morgan fingerprint density at radius 2 is 1.74 bits per heavy atom. The predicted octanol–water partition coefficient (Wildman–Crippen LogP) is 4.05. The molecule has 164 valence electrons. The molecule has 5 heteroatoms. The summed E-state index contributed by atoms with van der Waals surface area (Å²) in [5.41, 5.74) is 2.14. The maximum absolute atomic E-state index is 13.5. The SMILES string of the molecule is CC(C)c1cc(C(=O)c2ccccc2)n(C)c1C(=O)NC1C2CC3CC1CC(O)(C3)C2. The summed E-state index contributed by atoms with van der Waals surface area (Å²) in [6, 6.07) is 11.2. The Bertz CT molecular complexity index is 1010. The number of aromatic nitrogens is 1. The summed E-state index contributed by atoms with van der Waals surface area (Å²) in [5, 5.41) is 14.2. The molecule has 2 N–H and O–H groups in total. The summed E-state index contributed by atoms with van der Waals surface area (Å²) in [6.45, 7) is 4.11. The van der Waals surface area contributed by atoms with Crippen LogP contribution in [0, 0.1) is 17.8 Å². The van der Waals surface area contributed by atoms with E-state index in [0.29, 0.717) is 34.7 Å². The second-order valence-electron chi connectivity index (χ2n) is 10.4. The minimum absolute atomic E-state index is 0.0686. The van der Waals surface area contributed by atoms with E-state index in [9.17, 15) is 14.7 Å². The Balaban J connectivity index is 1.44. The largest absolute Gasteiger partial charge is 0.390 e. The van der Waals surface area contributed by atoms with E-state index in [1.165, 1.54) is 0 Å². The van der Waals surface area contributed by atoms with Gasteiger partial charge in [-0.2, -0.15) is 0 Å². The van der Waals surface area contributed by atoms with Crippen molar-refractivity contribution in [1.82, 2.24) is 9.88 Å². The lowest BCUT2D eigenvalue weighted by atomic mass is 9.52. The molecule has 2 atom stereocenters. The van der Waals surface area contributed by atoms with Crippen LogP contribution in [-0.4, -0.2) is 33.0 Å². The highest BCUT2D eigenvalue weighted by molar-refractivity contribution is 6.09. The second-order valence-corrected chi connectivity index (χ2v) is 10.4. The zero-order chi connectivity index (χ0) is 21.9. The van der Waals surface area contributed by atoms with Crippen LogP contribution in [-0.2, 0) is 7.05 Å². The summed E-state index contributed by atoms with van der Waals surface area (Å²) in [7, 11) is 1.82. The Morgan fingerprint density at radius 3 is 2.32 bits per heavy atom. The molecule has 31 heavy (non-hydrogen) atoms. The first-order valence-electron chi connectivity index (χ1n) is 11.6. The maximum Gasteiger partial charge on any atom is 0.268 e. The van der Waals surface area contributed by atoms with Gasteiger partial charge in [0.25, 0.3) is 5.91 Å². The van der Waals surface area contributed by atoms with E-state index in [-0.39, 0.29) is 23.7 Å². The van der Waals surface area contributed by atoms with Crippen LogP contribution in [0.1, 0.15) is 84.0 Å². The van der Waals surface area contributed by atoms with Gasteiger partial charge in [0.05, 0.1) is 11.3 Å². The molecule has 4 aliphatic rings. The van der Waals surface area contributed by atoms with Gasteiger partial charge in [0, 0.05) is 18.7 Å². The number of carbonyl (C=O) groups is 2. The molecule has 0 aliphatic heterocycles. The first kappa shape index (κ1) is 20.5. The third-order valence-electron chi connectivity index (χ3n) is 7.91. The van der Waals surface area contributed by atoms with Crippen molar-refractivity contribution >= 4 is 11.7 Å². The number of amides is 1. The second kappa shape index (κ2) is 7.33. The van der Waals surface area contributed by atoms with E-state index >= 15 is 0 Å². The molecule has 1 amide bonds. The Morgan fingerprint density at radius 1 is 1.10 bits per heavy atom. The molecule has 4 saturated carbocycles. The monoisotopic (exact) mass is 420 g/mol. The first-order valence-corrected chi connectivity index (χ1v) is 11.6. The summed E-state index contributed by atoms with van der Waals surface area (Å²) in [5.74, 6) is 1.28. The van der Waals surface area contributed by atoms with E-state index < -0.39 is 5.60 Å². The molecule has 4 bridgehead atoms. The fourth-order valence-corrected chi connectivity index (χ4v) is 6.74. The summed E-state index contributed by atoms with van der Waals surface area (Å²) in [4.78, 5) is 26.7. The Kier molecular flexibility index (Phi) is 4.85. The molecular weight excluding hydrogens is 388 g/mol. The first-order chi connectivity index (χ1) is 14.8. The number of aliphatic hydroxyl groups is 1. The summed E-state index contributed by atoms with van der Waals surface area (Å²) >= 11 is 0. The fourth-order valence-electron chi connectivity index (χ4n) is 6.74. The van der Waals surface area contributed by atoms with Crippen LogP contribution in [0.15, 0.2) is 36.4 Å². The number of nitrogens with zero attached hydrogens (tertiary/aromatic N) is 1. The van der Waals surface area contributed by atoms with Crippen molar-refractivity contribution in [3.05, 3.63) is 58.9 Å². The van der Waals surface area contributed by atoms with Crippen LogP contribution in [0.3, 0.4) is 0 Å². The van der Waals surface area contributed by atoms with E-state index in [4.69, 9.17) is 0 Å². The van der Waals surface area contributed by atoms with Gasteiger partial charge in [-0.1, -0.05) is 44.2 Å². The number of hydrogen-bond donors (Lipinski definition) is 2. The van der Waals surface area contributed by atoms with Crippen LogP contribution in [0.25, 0.3) is 0 Å². The molecule has 6 rings (SSSR count). The topological polar surface area (TPSA) is 71.3 Å². The van der Waals surface area contributed by atoms with E-state index in [1.54, 1.807) is 4.57 Å². The summed E-state index contributed by atoms with van der Waals surface area (Å²) < 4.78 is 1.77. The molecule has 2 unspecified atom stereocenters. The molecule has 1 aromatic carbocycles. The number of carbonyl (C=O) groups excluding carboxylic acids is 2.